The van der Waals surface area contributed by atoms with Crippen LogP contribution in [0.3, 0.4) is 0 Å². The van der Waals surface area contributed by atoms with Gasteiger partial charge >= 0.3 is 0 Å². The fraction of sp³-hybridized carbons (Fsp3) is 0.286. The predicted octanol–water partition coefficient (Wildman–Crippen LogP) is 3.07. The van der Waals surface area contributed by atoms with E-state index in [4.69, 9.17) is 15.9 Å². The highest BCUT2D eigenvalue weighted by Gasteiger charge is 2.22. The zero-order valence-corrected chi connectivity index (χ0v) is 22.8. The highest BCUT2D eigenvalue weighted by molar-refractivity contribution is 5.99. The topological polar surface area (TPSA) is 153 Å². The fourth-order valence-corrected chi connectivity index (χ4v) is 5.04. The number of pyridine rings is 1. The van der Waals surface area contributed by atoms with Gasteiger partial charge in [0, 0.05) is 51.4 Å². The molecule has 6 rings (SSSR count). The molecule has 210 valence electrons. The van der Waals surface area contributed by atoms with E-state index in [9.17, 15) is 4.39 Å². The van der Waals surface area contributed by atoms with Gasteiger partial charge in [-0.1, -0.05) is 6.07 Å². The number of hydrogen-bond acceptors (Lipinski definition) is 10. The first kappa shape index (κ1) is 26.3. The number of nitrogen functional groups attached to an aromatic ring is 1. The smallest absolute Gasteiger partial charge is 0.224 e. The molecule has 1 aliphatic rings. The summed E-state index contributed by atoms with van der Waals surface area (Å²) in [5.41, 5.74) is 15.4. The molecule has 13 heteroatoms. The Bertz CT molecular complexity index is 1720. The summed E-state index contributed by atoms with van der Waals surface area (Å²) >= 11 is 0. The number of nitrogens with two attached hydrogens (primary N) is 2. The Kier molecular flexibility index (Phi) is 7.01. The summed E-state index contributed by atoms with van der Waals surface area (Å²) in [5, 5.41) is 5.16. The van der Waals surface area contributed by atoms with E-state index in [-0.39, 0.29) is 17.6 Å². The van der Waals surface area contributed by atoms with Crippen LogP contribution in [0.2, 0.25) is 0 Å². The van der Waals surface area contributed by atoms with Crippen LogP contribution in [0.25, 0.3) is 22.3 Å². The largest absolute Gasteiger partial charge is 0.446 e. The molecule has 0 bridgehead atoms. The van der Waals surface area contributed by atoms with Gasteiger partial charge in [0.2, 0.25) is 5.95 Å². The van der Waals surface area contributed by atoms with Crippen LogP contribution in [0.4, 0.5) is 21.8 Å². The van der Waals surface area contributed by atoms with Crippen molar-refractivity contribution in [1.82, 2.24) is 34.6 Å². The maximum absolute atomic E-state index is 14.8. The molecule has 0 unspecified atom stereocenters. The van der Waals surface area contributed by atoms with Crippen LogP contribution < -0.4 is 16.4 Å². The lowest BCUT2D eigenvalue weighted by molar-refractivity contribution is 0.245. The molecule has 0 aliphatic carbocycles. The second kappa shape index (κ2) is 10.9. The third kappa shape index (κ3) is 5.43. The molecule has 5 heterocycles. The number of fused-ring (bicyclic) bond motifs is 1. The van der Waals surface area contributed by atoms with Crippen molar-refractivity contribution in [2.75, 3.05) is 43.4 Å². The Morgan fingerprint density at radius 3 is 2.61 bits per heavy atom. The van der Waals surface area contributed by atoms with Crippen molar-refractivity contribution < 1.29 is 8.81 Å². The van der Waals surface area contributed by atoms with E-state index in [1.54, 1.807) is 42.2 Å². The molecular weight excluding hydrogens is 525 g/mol. The van der Waals surface area contributed by atoms with Gasteiger partial charge in [-0.25, -0.2) is 19.0 Å². The number of nitrogens with zero attached hydrogens (tertiary/aromatic N) is 9. The fourth-order valence-electron chi connectivity index (χ4n) is 5.04. The summed E-state index contributed by atoms with van der Waals surface area (Å²) in [6.45, 7) is 7.94. The van der Waals surface area contributed by atoms with Crippen LogP contribution in [-0.4, -0.2) is 73.2 Å². The van der Waals surface area contributed by atoms with Crippen molar-refractivity contribution in [3.05, 3.63) is 72.0 Å². The summed E-state index contributed by atoms with van der Waals surface area (Å²) in [7, 11) is 0. The molecule has 0 atom stereocenters. The zero-order chi connectivity index (χ0) is 28.5. The summed E-state index contributed by atoms with van der Waals surface area (Å²) in [6.07, 6.45) is 3.32. The van der Waals surface area contributed by atoms with Gasteiger partial charge in [0.1, 0.15) is 23.0 Å². The van der Waals surface area contributed by atoms with Crippen LogP contribution in [0.5, 0.6) is 0 Å². The first-order valence-electron chi connectivity index (χ1n) is 13.3. The van der Waals surface area contributed by atoms with E-state index < -0.39 is 0 Å². The van der Waals surface area contributed by atoms with E-state index in [1.165, 1.54) is 6.07 Å². The van der Waals surface area contributed by atoms with Crippen molar-refractivity contribution in [3.8, 4) is 11.3 Å². The lowest BCUT2D eigenvalue weighted by atomic mass is 10.1. The minimum atomic E-state index is -0.248. The van der Waals surface area contributed by atoms with Gasteiger partial charge in [-0.3, -0.25) is 9.88 Å². The standard InChI is InChI=1S/C28H30FN11O/c1-17-24(34-18(2)41-17)19-6-7-21(29)23(15-19)39-12-9-38(10-13-39)11-14-40-27-20(16-33-40)26(36-28(31)37-27)35-25(30)22-5-3-4-8-32-22/h3-8,15-16H,9-14H2,1-2H3,(H4,30,31,35,36,37). The predicted molar refractivity (Wildman–Crippen MR) is 154 cm³/mol. The number of piperazine rings is 1. The second-order valence-electron chi connectivity index (χ2n) is 9.85. The monoisotopic (exact) mass is 555 g/mol. The normalized spacial score (nSPS) is 14.7. The molecule has 0 amide bonds. The van der Waals surface area contributed by atoms with Crippen LogP contribution in [-0.2, 0) is 6.54 Å². The number of rotatable bonds is 7. The first-order valence-corrected chi connectivity index (χ1v) is 13.3. The molecule has 1 fully saturated rings. The summed E-state index contributed by atoms with van der Waals surface area (Å²) in [4.78, 5) is 26.2. The molecule has 0 saturated carbocycles. The maximum Gasteiger partial charge on any atom is 0.224 e. The molecule has 41 heavy (non-hydrogen) atoms. The molecule has 0 spiro atoms. The van der Waals surface area contributed by atoms with Crippen LogP contribution in [0.15, 0.2) is 58.2 Å². The van der Waals surface area contributed by atoms with Crippen molar-refractivity contribution in [3.63, 3.8) is 0 Å². The van der Waals surface area contributed by atoms with Gasteiger partial charge < -0.3 is 20.8 Å². The molecule has 1 aromatic carbocycles. The lowest BCUT2D eigenvalue weighted by Gasteiger charge is -2.36. The van der Waals surface area contributed by atoms with Crippen molar-refractivity contribution in [2.24, 2.45) is 10.7 Å². The number of oxazole rings is 1. The minimum Gasteiger partial charge on any atom is -0.446 e. The van der Waals surface area contributed by atoms with E-state index in [0.29, 0.717) is 53.8 Å². The number of halogens is 1. The van der Waals surface area contributed by atoms with E-state index in [0.717, 1.165) is 36.7 Å². The van der Waals surface area contributed by atoms with Gasteiger partial charge in [0.15, 0.2) is 23.2 Å². The Morgan fingerprint density at radius 1 is 1.05 bits per heavy atom. The second-order valence-corrected chi connectivity index (χ2v) is 9.85. The summed E-state index contributed by atoms with van der Waals surface area (Å²) in [5.74, 6) is 1.72. The average Bonchev–Trinajstić information content (AvgIpc) is 3.54. The van der Waals surface area contributed by atoms with Crippen molar-refractivity contribution in [2.45, 2.75) is 20.4 Å². The van der Waals surface area contributed by atoms with E-state index in [2.05, 4.69) is 39.8 Å². The Labute approximate surface area is 235 Å². The number of aryl methyl sites for hydroxylation is 2. The van der Waals surface area contributed by atoms with E-state index in [1.807, 2.05) is 19.1 Å². The molecule has 0 radical (unpaired) electrons. The Hall–Kier alpha value is -4.91. The van der Waals surface area contributed by atoms with Gasteiger partial charge in [-0.2, -0.15) is 15.1 Å². The molecule has 5 aromatic rings. The molecule has 1 saturated heterocycles. The molecule has 4 N–H and O–H groups in total. The van der Waals surface area contributed by atoms with Gasteiger partial charge in [0.05, 0.1) is 23.8 Å². The van der Waals surface area contributed by atoms with Gasteiger partial charge in [0.25, 0.3) is 0 Å². The third-order valence-corrected chi connectivity index (χ3v) is 7.11. The minimum absolute atomic E-state index is 0.0840. The molecule has 1 aliphatic heterocycles. The SMILES string of the molecule is Cc1nc(-c2ccc(F)c(N3CCN(CCn4ncc5c(/N=C(\N)c6ccccn6)nc(N)nc54)CC3)c2)c(C)o1. The third-order valence-electron chi connectivity index (χ3n) is 7.11. The average molecular weight is 556 g/mol. The van der Waals surface area contributed by atoms with Gasteiger partial charge in [-0.15, -0.1) is 0 Å². The lowest BCUT2D eigenvalue weighted by Crippen LogP contribution is -2.47. The number of anilines is 2. The molecular formula is C28H30FN11O. The molecule has 12 nitrogen and oxygen atoms in total. The summed E-state index contributed by atoms with van der Waals surface area (Å²) < 4.78 is 22.2. The quantitative estimate of drug-likeness (QED) is 0.226. The highest BCUT2D eigenvalue weighted by atomic mass is 19.1. The van der Waals surface area contributed by atoms with Crippen LogP contribution >= 0.6 is 0 Å². The number of aromatic nitrogens is 6. The zero-order valence-electron chi connectivity index (χ0n) is 22.8. The van der Waals surface area contributed by atoms with Gasteiger partial charge in [-0.05, 0) is 37.3 Å². The van der Waals surface area contributed by atoms with Crippen molar-refractivity contribution in [1.29, 1.82) is 0 Å². The van der Waals surface area contributed by atoms with E-state index >= 15 is 0 Å². The number of aliphatic imine (C=N–C) groups is 1. The Balaban J connectivity index is 1.13. The Morgan fingerprint density at radius 2 is 1.88 bits per heavy atom. The van der Waals surface area contributed by atoms with Crippen molar-refractivity contribution >= 4 is 34.3 Å². The summed E-state index contributed by atoms with van der Waals surface area (Å²) in [6, 6.07) is 10.5. The number of benzene rings is 1. The number of hydrogen-bond donors (Lipinski definition) is 2. The maximum atomic E-state index is 14.8. The first-order chi connectivity index (χ1) is 19.9. The number of amidine groups is 1. The molecule has 4 aromatic heterocycles. The van der Waals surface area contributed by atoms with Crippen LogP contribution in [0, 0.1) is 19.7 Å². The highest BCUT2D eigenvalue weighted by Crippen LogP contribution is 2.30. The van der Waals surface area contributed by atoms with Crippen LogP contribution in [0.1, 0.15) is 17.3 Å².